The van der Waals surface area contributed by atoms with E-state index in [0.717, 1.165) is 17.0 Å². The van der Waals surface area contributed by atoms with Crippen LogP contribution >= 0.6 is 0 Å². The number of nitriles is 1. The van der Waals surface area contributed by atoms with Gasteiger partial charge in [-0.15, -0.1) is 0 Å². The van der Waals surface area contributed by atoms with Crippen molar-refractivity contribution in [2.45, 2.75) is 18.8 Å². The lowest BCUT2D eigenvalue weighted by Gasteiger charge is -2.19. The highest BCUT2D eigenvalue weighted by Gasteiger charge is 2.20. The molecule has 7 heteroatoms. The number of benzene rings is 2. The van der Waals surface area contributed by atoms with Crippen molar-refractivity contribution in [2.24, 2.45) is 7.05 Å². The third kappa shape index (κ3) is 5.03. The number of ether oxygens (including phenoxy) is 1. The Kier molecular flexibility index (Phi) is 6.81. The van der Waals surface area contributed by atoms with E-state index in [1.165, 1.54) is 12.1 Å². The molecule has 1 aromatic heterocycles. The molecule has 0 radical (unpaired) electrons. The number of imidazole rings is 1. The van der Waals surface area contributed by atoms with Crippen LogP contribution in [0.15, 0.2) is 55.0 Å². The van der Waals surface area contributed by atoms with E-state index in [-0.39, 0.29) is 17.4 Å². The predicted octanol–water partition coefficient (Wildman–Crippen LogP) is 3.32. The lowest BCUT2D eigenvalue weighted by Crippen LogP contribution is -2.29. The van der Waals surface area contributed by atoms with E-state index in [0.29, 0.717) is 24.9 Å². The Balaban J connectivity index is 1.69. The van der Waals surface area contributed by atoms with Crippen molar-refractivity contribution in [3.05, 3.63) is 83.2 Å². The van der Waals surface area contributed by atoms with Crippen LogP contribution in [0.5, 0.6) is 5.75 Å². The average Bonchev–Trinajstić information content (AvgIpc) is 3.18. The Hall–Kier alpha value is -3.66. The van der Waals surface area contributed by atoms with Crippen LogP contribution in [0.4, 0.5) is 4.39 Å². The van der Waals surface area contributed by atoms with Crippen LogP contribution < -0.4 is 10.1 Å². The fourth-order valence-electron chi connectivity index (χ4n) is 3.33. The van der Waals surface area contributed by atoms with Gasteiger partial charge in [0.1, 0.15) is 17.6 Å². The van der Waals surface area contributed by atoms with Crippen LogP contribution in [0.2, 0.25) is 0 Å². The SMILES string of the molecule is COc1cccc(CCC(=O)NCC(c2ccc(C#N)c(F)c2)c2cncn2C)c1. The van der Waals surface area contributed by atoms with Gasteiger partial charge in [0.05, 0.1) is 19.0 Å². The average molecular weight is 406 g/mol. The highest BCUT2D eigenvalue weighted by atomic mass is 19.1. The first-order valence-corrected chi connectivity index (χ1v) is 9.57. The first-order chi connectivity index (χ1) is 14.5. The van der Waals surface area contributed by atoms with Crippen molar-refractivity contribution < 1.29 is 13.9 Å². The number of amides is 1. The number of methoxy groups -OCH3 is 1. The monoisotopic (exact) mass is 406 g/mol. The van der Waals surface area contributed by atoms with Crippen molar-refractivity contribution in [2.75, 3.05) is 13.7 Å². The van der Waals surface area contributed by atoms with Crippen LogP contribution in [0.3, 0.4) is 0 Å². The largest absolute Gasteiger partial charge is 0.497 e. The van der Waals surface area contributed by atoms with Gasteiger partial charge >= 0.3 is 0 Å². The Morgan fingerprint density at radius 3 is 2.83 bits per heavy atom. The predicted molar refractivity (Wildman–Crippen MR) is 110 cm³/mol. The topological polar surface area (TPSA) is 79.9 Å². The molecule has 1 heterocycles. The van der Waals surface area contributed by atoms with Gasteiger partial charge in [-0.05, 0) is 41.8 Å². The first-order valence-electron chi connectivity index (χ1n) is 9.57. The van der Waals surface area contributed by atoms with Gasteiger partial charge in [0.25, 0.3) is 0 Å². The standard InChI is InChI=1S/C23H23FN4O2/c1-28-15-26-14-22(28)20(17-7-8-18(12-25)21(24)11-17)13-27-23(29)9-6-16-4-3-5-19(10-16)30-2/h3-5,7-8,10-11,14-15,20H,6,9,13H2,1-2H3,(H,27,29). The summed E-state index contributed by atoms with van der Waals surface area (Å²) in [5.41, 5.74) is 2.52. The number of carbonyl (C=O) groups excluding carboxylic acids is 1. The number of aryl methyl sites for hydroxylation is 2. The molecule has 154 valence electrons. The van der Waals surface area contributed by atoms with E-state index in [1.54, 1.807) is 25.7 Å². The van der Waals surface area contributed by atoms with E-state index in [2.05, 4.69) is 10.3 Å². The highest BCUT2D eigenvalue weighted by Crippen LogP contribution is 2.25. The van der Waals surface area contributed by atoms with Crippen LogP contribution in [0.25, 0.3) is 0 Å². The number of rotatable bonds is 8. The summed E-state index contributed by atoms with van der Waals surface area (Å²) in [5.74, 6) is -0.210. The zero-order valence-corrected chi connectivity index (χ0v) is 16.9. The smallest absolute Gasteiger partial charge is 0.220 e. The van der Waals surface area contributed by atoms with Crippen molar-refractivity contribution in [1.82, 2.24) is 14.9 Å². The summed E-state index contributed by atoms with van der Waals surface area (Å²) in [5, 5.41) is 11.9. The van der Waals surface area contributed by atoms with Gasteiger partial charge in [0.15, 0.2) is 0 Å². The molecule has 0 bridgehead atoms. The number of halogens is 1. The molecule has 0 saturated heterocycles. The summed E-state index contributed by atoms with van der Waals surface area (Å²) in [6.45, 7) is 0.293. The van der Waals surface area contributed by atoms with Gasteiger partial charge in [-0.1, -0.05) is 18.2 Å². The Morgan fingerprint density at radius 2 is 2.17 bits per heavy atom. The minimum Gasteiger partial charge on any atom is -0.497 e. The maximum atomic E-state index is 14.2. The second-order valence-corrected chi connectivity index (χ2v) is 6.99. The quantitative estimate of drug-likeness (QED) is 0.622. The molecule has 1 amide bonds. The molecule has 0 fully saturated rings. The Bertz CT molecular complexity index is 1070. The van der Waals surface area contributed by atoms with Crippen LogP contribution in [-0.2, 0) is 18.3 Å². The minimum atomic E-state index is -0.577. The van der Waals surface area contributed by atoms with Crippen LogP contribution in [-0.4, -0.2) is 29.1 Å². The van der Waals surface area contributed by atoms with Crippen molar-refractivity contribution >= 4 is 5.91 Å². The molecule has 0 saturated carbocycles. The number of nitrogens with one attached hydrogen (secondary N) is 1. The molecule has 0 aliphatic rings. The summed E-state index contributed by atoms with van der Waals surface area (Å²) < 4.78 is 21.2. The van der Waals surface area contributed by atoms with Crippen molar-refractivity contribution in [3.63, 3.8) is 0 Å². The van der Waals surface area contributed by atoms with E-state index in [1.807, 2.05) is 41.9 Å². The van der Waals surface area contributed by atoms with Gasteiger partial charge in [0.2, 0.25) is 5.91 Å². The number of carbonyl (C=O) groups is 1. The third-order valence-electron chi connectivity index (χ3n) is 5.01. The lowest BCUT2D eigenvalue weighted by atomic mass is 9.94. The molecule has 0 spiro atoms. The highest BCUT2D eigenvalue weighted by molar-refractivity contribution is 5.76. The molecule has 0 aliphatic carbocycles. The zero-order chi connectivity index (χ0) is 21.5. The van der Waals surface area contributed by atoms with Gasteiger partial charge in [0, 0.05) is 37.8 Å². The second-order valence-electron chi connectivity index (χ2n) is 6.99. The van der Waals surface area contributed by atoms with Crippen LogP contribution in [0.1, 0.15) is 34.7 Å². The first kappa shape index (κ1) is 21.1. The maximum absolute atomic E-state index is 14.2. The number of hydrogen-bond donors (Lipinski definition) is 1. The molecule has 1 N–H and O–H groups in total. The second kappa shape index (κ2) is 9.70. The number of hydrogen-bond acceptors (Lipinski definition) is 4. The zero-order valence-electron chi connectivity index (χ0n) is 16.9. The molecule has 1 atom stereocenters. The minimum absolute atomic E-state index is 0.00942. The molecule has 0 aliphatic heterocycles. The van der Waals surface area contributed by atoms with E-state index >= 15 is 0 Å². The summed E-state index contributed by atoms with van der Waals surface area (Å²) in [6.07, 6.45) is 4.27. The number of nitrogens with zero attached hydrogens (tertiary/aromatic N) is 3. The van der Waals surface area contributed by atoms with Crippen molar-refractivity contribution in [3.8, 4) is 11.8 Å². The molecule has 3 rings (SSSR count). The summed E-state index contributed by atoms with van der Waals surface area (Å²) >= 11 is 0. The fraction of sp³-hybridized carbons (Fsp3) is 0.261. The fourth-order valence-corrected chi connectivity index (χ4v) is 3.33. The molecule has 30 heavy (non-hydrogen) atoms. The van der Waals surface area contributed by atoms with Crippen LogP contribution in [0, 0.1) is 17.1 Å². The molecule has 3 aromatic rings. The van der Waals surface area contributed by atoms with Crippen molar-refractivity contribution in [1.29, 1.82) is 5.26 Å². The van der Waals surface area contributed by atoms with E-state index < -0.39 is 5.82 Å². The molecule has 1 unspecified atom stereocenters. The Labute approximate surface area is 174 Å². The van der Waals surface area contributed by atoms with Gasteiger partial charge in [-0.3, -0.25) is 4.79 Å². The van der Waals surface area contributed by atoms with E-state index in [9.17, 15) is 9.18 Å². The molecular weight excluding hydrogens is 383 g/mol. The summed E-state index contributed by atoms with van der Waals surface area (Å²) in [7, 11) is 3.45. The van der Waals surface area contributed by atoms with E-state index in [4.69, 9.17) is 10.00 Å². The normalized spacial score (nSPS) is 11.5. The van der Waals surface area contributed by atoms with Gasteiger partial charge in [-0.25, -0.2) is 9.37 Å². The summed E-state index contributed by atoms with van der Waals surface area (Å²) in [4.78, 5) is 16.6. The lowest BCUT2D eigenvalue weighted by molar-refractivity contribution is -0.121. The summed E-state index contributed by atoms with van der Waals surface area (Å²) in [6, 6.07) is 14.0. The molecular formula is C23H23FN4O2. The molecule has 2 aromatic carbocycles. The third-order valence-corrected chi connectivity index (χ3v) is 5.01. The van der Waals surface area contributed by atoms with Gasteiger partial charge < -0.3 is 14.6 Å². The Morgan fingerprint density at radius 1 is 1.33 bits per heavy atom. The maximum Gasteiger partial charge on any atom is 0.220 e. The van der Waals surface area contributed by atoms with Gasteiger partial charge in [-0.2, -0.15) is 5.26 Å². The number of aromatic nitrogens is 2. The molecule has 6 nitrogen and oxygen atoms in total.